The van der Waals surface area contributed by atoms with Crippen molar-refractivity contribution < 1.29 is 9.21 Å². The molecular formula is C19H21N3O2. The Hall–Kier alpha value is -2.56. The van der Waals surface area contributed by atoms with Crippen LogP contribution < -0.4 is 0 Å². The standard InChI is InChI=1S/C19H21N3O2/c1-13-5-3-6-15-11-17(24-18(13)15)19(23)21-9-4-7-16(12-21)22-10-8-20-14(22)2/h3,5-6,8,10-11,16H,4,7,9,12H2,1-2H3. The second-order valence-electron chi connectivity index (χ2n) is 6.53. The maximum atomic E-state index is 12.9. The van der Waals surface area contributed by atoms with Gasteiger partial charge in [0.2, 0.25) is 0 Å². The zero-order valence-corrected chi connectivity index (χ0v) is 14.0. The lowest BCUT2D eigenvalue weighted by Crippen LogP contribution is -2.40. The number of nitrogens with zero attached hydrogens (tertiary/aromatic N) is 3. The summed E-state index contributed by atoms with van der Waals surface area (Å²) in [5.74, 6) is 1.41. The van der Waals surface area contributed by atoms with E-state index in [2.05, 4.69) is 9.55 Å². The van der Waals surface area contributed by atoms with Gasteiger partial charge in [-0.15, -0.1) is 0 Å². The van der Waals surface area contributed by atoms with Gasteiger partial charge in [0.25, 0.3) is 5.91 Å². The van der Waals surface area contributed by atoms with Crippen LogP contribution in [0.1, 0.15) is 40.8 Å². The van der Waals surface area contributed by atoms with Crippen molar-refractivity contribution in [3.05, 3.63) is 53.8 Å². The van der Waals surface area contributed by atoms with Gasteiger partial charge >= 0.3 is 0 Å². The summed E-state index contributed by atoms with van der Waals surface area (Å²) in [6.07, 6.45) is 5.88. The summed E-state index contributed by atoms with van der Waals surface area (Å²) in [4.78, 5) is 19.1. The molecule has 0 radical (unpaired) electrons. The van der Waals surface area contributed by atoms with Crippen LogP contribution >= 0.6 is 0 Å². The van der Waals surface area contributed by atoms with Gasteiger partial charge in [-0.25, -0.2) is 4.98 Å². The fourth-order valence-electron chi connectivity index (χ4n) is 3.61. The number of fused-ring (bicyclic) bond motifs is 1. The highest BCUT2D eigenvalue weighted by Crippen LogP contribution is 2.27. The lowest BCUT2D eigenvalue weighted by Gasteiger charge is -2.33. The molecule has 5 nitrogen and oxygen atoms in total. The second kappa shape index (κ2) is 5.82. The van der Waals surface area contributed by atoms with Gasteiger partial charge in [0.1, 0.15) is 11.4 Å². The van der Waals surface area contributed by atoms with Gasteiger partial charge in [0.15, 0.2) is 5.76 Å². The Labute approximate surface area is 140 Å². The van der Waals surface area contributed by atoms with Gasteiger partial charge in [-0.2, -0.15) is 0 Å². The summed E-state index contributed by atoms with van der Waals surface area (Å²) in [6.45, 7) is 5.48. The third kappa shape index (κ3) is 2.50. The number of imidazole rings is 1. The smallest absolute Gasteiger partial charge is 0.289 e. The molecule has 0 N–H and O–H groups in total. The summed E-state index contributed by atoms with van der Waals surface area (Å²) >= 11 is 0. The lowest BCUT2D eigenvalue weighted by molar-refractivity contribution is 0.0648. The third-order valence-corrected chi connectivity index (χ3v) is 4.89. The van der Waals surface area contributed by atoms with Crippen molar-refractivity contribution in [1.82, 2.24) is 14.5 Å². The maximum absolute atomic E-state index is 12.9. The van der Waals surface area contributed by atoms with Crippen LogP contribution in [0.4, 0.5) is 0 Å². The van der Waals surface area contributed by atoms with E-state index in [9.17, 15) is 4.79 Å². The molecule has 3 heterocycles. The number of aryl methyl sites for hydroxylation is 2. The van der Waals surface area contributed by atoms with Gasteiger partial charge in [0.05, 0.1) is 6.04 Å². The monoisotopic (exact) mass is 323 g/mol. The first-order valence-electron chi connectivity index (χ1n) is 8.41. The number of aromatic nitrogens is 2. The summed E-state index contributed by atoms with van der Waals surface area (Å²) < 4.78 is 8.02. The molecule has 1 atom stereocenters. The van der Waals surface area contributed by atoms with Crippen molar-refractivity contribution in [1.29, 1.82) is 0 Å². The molecule has 1 saturated heterocycles. The van der Waals surface area contributed by atoms with Crippen molar-refractivity contribution >= 4 is 16.9 Å². The molecule has 0 spiro atoms. The SMILES string of the molecule is Cc1cccc2cc(C(=O)N3CCCC(n4ccnc4C)C3)oc12. The average molecular weight is 323 g/mol. The molecule has 5 heteroatoms. The molecule has 1 aromatic carbocycles. The molecule has 4 rings (SSSR count). The van der Waals surface area contributed by atoms with Crippen LogP contribution in [0.2, 0.25) is 0 Å². The molecule has 1 unspecified atom stereocenters. The number of para-hydroxylation sites is 1. The summed E-state index contributed by atoms with van der Waals surface area (Å²) in [6, 6.07) is 8.11. The average Bonchev–Trinajstić information content (AvgIpc) is 3.21. The van der Waals surface area contributed by atoms with E-state index in [0.29, 0.717) is 12.3 Å². The molecule has 0 bridgehead atoms. The Kier molecular flexibility index (Phi) is 3.63. The van der Waals surface area contributed by atoms with Crippen LogP contribution in [0.5, 0.6) is 0 Å². The maximum Gasteiger partial charge on any atom is 0.289 e. The summed E-state index contributed by atoms with van der Waals surface area (Å²) in [5, 5.41) is 0.984. The highest BCUT2D eigenvalue weighted by atomic mass is 16.3. The summed E-state index contributed by atoms with van der Waals surface area (Å²) in [7, 11) is 0. The molecule has 1 aliphatic heterocycles. The minimum absolute atomic E-state index is 0.0203. The first kappa shape index (κ1) is 15.0. The fourth-order valence-corrected chi connectivity index (χ4v) is 3.61. The summed E-state index contributed by atoms with van der Waals surface area (Å²) in [5.41, 5.74) is 1.86. The topological polar surface area (TPSA) is 51.3 Å². The van der Waals surface area contributed by atoms with Gasteiger partial charge in [-0.05, 0) is 38.3 Å². The Morgan fingerprint density at radius 2 is 2.21 bits per heavy atom. The highest BCUT2D eigenvalue weighted by Gasteiger charge is 2.28. The first-order valence-corrected chi connectivity index (χ1v) is 8.41. The zero-order chi connectivity index (χ0) is 16.7. The number of amides is 1. The fraction of sp³-hybridized carbons (Fsp3) is 0.368. The van der Waals surface area contributed by atoms with E-state index in [0.717, 1.165) is 41.7 Å². The van der Waals surface area contributed by atoms with Crippen molar-refractivity contribution in [2.45, 2.75) is 32.7 Å². The zero-order valence-electron chi connectivity index (χ0n) is 14.0. The molecule has 1 aliphatic rings. The number of hydrogen-bond acceptors (Lipinski definition) is 3. The molecule has 24 heavy (non-hydrogen) atoms. The predicted molar refractivity (Wildman–Crippen MR) is 92.1 cm³/mol. The predicted octanol–water partition coefficient (Wildman–Crippen LogP) is 3.72. The number of carbonyl (C=O) groups excluding carboxylic acids is 1. The van der Waals surface area contributed by atoms with Crippen LogP contribution in [0.15, 0.2) is 41.1 Å². The van der Waals surface area contributed by atoms with Gasteiger partial charge in [-0.3, -0.25) is 4.79 Å². The molecular weight excluding hydrogens is 302 g/mol. The van der Waals surface area contributed by atoms with E-state index in [1.54, 1.807) is 0 Å². The number of furan rings is 1. The second-order valence-corrected chi connectivity index (χ2v) is 6.53. The number of piperidine rings is 1. The molecule has 1 amide bonds. The number of carbonyl (C=O) groups is 1. The van der Waals surface area contributed by atoms with Crippen LogP contribution in [0.25, 0.3) is 11.0 Å². The largest absolute Gasteiger partial charge is 0.451 e. The molecule has 0 saturated carbocycles. The van der Waals surface area contributed by atoms with Crippen molar-refractivity contribution in [3.63, 3.8) is 0 Å². The third-order valence-electron chi connectivity index (χ3n) is 4.89. The molecule has 2 aromatic heterocycles. The minimum atomic E-state index is -0.0203. The van der Waals surface area contributed by atoms with E-state index in [1.807, 2.05) is 55.4 Å². The Morgan fingerprint density at radius 3 is 2.96 bits per heavy atom. The molecule has 1 fully saturated rings. The molecule has 124 valence electrons. The molecule has 0 aliphatic carbocycles. The van der Waals surface area contributed by atoms with Gasteiger partial charge in [0, 0.05) is 30.9 Å². The van der Waals surface area contributed by atoms with Crippen molar-refractivity contribution in [2.75, 3.05) is 13.1 Å². The van der Waals surface area contributed by atoms with Gasteiger partial charge < -0.3 is 13.9 Å². The Bertz CT molecular complexity index is 893. The van der Waals surface area contributed by atoms with Gasteiger partial charge in [-0.1, -0.05) is 18.2 Å². The number of hydrogen-bond donors (Lipinski definition) is 0. The highest BCUT2D eigenvalue weighted by molar-refractivity contribution is 5.96. The van der Waals surface area contributed by atoms with E-state index < -0.39 is 0 Å². The van der Waals surface area contributed by atoms with Crippen LogP contribution in [0.3, 0.4) is 0 Å². The quantitative estimate of drug-likeness (QED) is 0.722. The normalized spacial score (nSPS) is 18.2. The molecule has 3 aromatic rings. The van der Waals surface area contributed by atoms with E-state index in [-0.39, 0.29) is 11.9 Å². The Morgan fingerprint density at radius 1 is 1.33 bits per heavy atom. The van der Waals surface area contributed by atoms with Crippen LogP contribution in [0, 0.1) is 13.8 Å². The lowest BCUT2D eigenvalue weighted by atomic mass is 10.0. The van der Waals surface area contributed by atoms with Crippen LogP contribution in [-0.4, -0.2) is 33.4 Å². The van der Waals surface area contributed by atoms with E-state index in [4.69, 9.17) is 4.42 Å². The van der Waals surface area contributed by atoms with Crippen molar-refractivity contribution in [3.8, 4) is 0 Å². The number of benzene rings is 1. The minimum Gasteiger partial charge on any atom is -0.451 e. The van der Waals surface area contributed by atoms with E-state index in [1.165, 1.54) is 0 Å². The number of rotatable bonds is 2. The Balaban J connectivity index is 1.59. The number of likely N-dealkylation sites (tertiary alicyclic amines) is 1. The van der Waals surface area contributed by atoms with Crippen LogP contribution in [-0.2, 0) is 0 Å². The van der Waals surface area contributed by atoms with Crippen molar-refractivity contribution in [2.24, 2.45) is 0 Å². The first-order chi connectivity index (χ1) is 11.6. The van der Waals surface area contributed by atoms with E-state index >= 15 is 0 Å².